The maximum Gasteiger partial charge on any atom is 0.234 e. The van der Waals surface area contributed by atoms with E-state index in [2.05, 4.69) is 15.5 Å². The fraction of sp³-hybridized carbons (Fsp3) is 0.133. The molecule has 0 saturated heterocycles. The number of benzene rings is 1. The number of nitrogens with one attached hydrogen (secondary N) is 1. The largest absolute Gasteiger partial charge is 0.497 e. The number of rotatable bonds is 6. The van der Waals surface area contributed by atoms with Crippen LogP contribution in [-0.4, -0.2) is 33.6 Å². The molecule has 0 saturated carbocycles. The Morgan fingerprint density at radius 2 is 2.12 bits per heavy atom. The number of nitrogen functional groups attached to an aromatic ring is 1. The average molecular weight is 361 g/mol. The molecule has 7 nitrogen and oxygen atoms in total. The van der Waals surface area contributed by atoms with Gasteiger partial charge in [0.25, 0.3) is 0 Å². The van der Waals surface area contributed by atoms with E-state index in [1.54, 1.807) is 31.4 Å². The molecule has 0 spiro atoms. The van der Waals surface area contributed by atoms with Crippen molar-refractivity contribution in [2.75, 3.05) is 24.0 Å². The Hall–Kier alpha value is -2.52. The van der Waals surface area contributed by atoms with Crippen LogP contribution in [0.2, 0.25) is 0 Å². The van der Waals surface area contributed by atoms with Gasteiger partial charge in [-0.1, -0.05) is 17.8 Å². The average Bonchev–Trinajstić information content (AvgIpc) is 3.23. The topological polar surface area (TPSA) is 95.1 Å². The van der Waals surface area contributed by atoms with Crippen LogP contribution in [0.3, 0.4) is 0 Å². The third-order valence-corrected chi connectivity index (χ3v) is 4.92. The molecule has 2 heterocycles. The lowest BCUT2D eigenvalue weighted by atomic mass is 10.3. The molecule has 0 unspecified atom stereocenters. The minimum absolute atomic E-state index is 0.147. The highest BCUT2D eigenvalue weighted by molar-refractivity contribution is 7.99. The Labute approximate surface area is 146 Å². The minimum Gasteiger partial charge on any atom is -0.497 e. The molecule has 3 rings (SSSR count). The lowest BCUT2D eigenvalue weighted by Crippen LogP contribution is -2.16. The Balaban J connectivity index is 1.58. The van der Waals surface area contributed by atoms with E-state index in [1.165, 1.54) is 27.8 Å². The van der Waals surface area contributed by atoms with E-state index in [0.717, 1.165) is 10.6 Å². The molecule has 0 atom stereocenters. The quantitative estimate of drug-likeness (QED) is 0.517. The summed E-state index contributed by atoms with van der Waals surface area (Å²) in [5, 5.41) is 13.3. The van der Waals surface area contributed by atoms with Gasteiger partial charge in [0, 0.05) is 5.69 Å². The highest BCUT2D eigenvalue weighted by atomic mass is 32.2. The van der Waals surface area contributed by atoms with E-state index in [1.807, 2.05) is 17.5 Å². The molecule has 124 valence electrons. The van der Waals surface area contributed by atoms with Gasteiger partial charge in [0.2, 0.25) is 11.1 Å². The molecule has 0 aliphatic rings. The number of anilines is 1. The first-order valence-electron chi connectivity index (χ1n) is 6.98. The maximum atomic E-state index is 12.0. The Morgan fingerprint density at radius 3 is 2.79 bits per heavy atom. The summed E-state index contributed by atoms with van der Waals surface area (Å²) in [6, 6.07) is 11.0. The summed E-state index contributed by atoms with van der Waals surface area (Å²) in [6.45, 7) is 0. The summed E-state index contributed by atoms with van der Waals surface area (Å²) >= 11 is 2.76. The van der Waals surface area contributed by atoms with Gasteiger partial charge in [-0.2, -0.15) is 0 Å². The Bertz CT molecular complexity index is 815. The van der Waals surface area contributed by atoms with Gasteiger partial charge in [-0.3, -0.25) is 4.79 Å². The fourth-order valence-corrected chi connectivity index (χ4v) is 3.31. The predicted molar refractivity (Wildman–Crippen MR) is 95.8 cm³/mol. The molecule has 3 N–H and O–H groups in total. The van der Waals surface area contributed by atoms with Gasteiger partial charge in [0.05, 0.1) is 17.7 Å². The monoisotopic (exact) mass is 361 g/mol. The van der Waals surface area contributed by atoms with Crippen LogP contribution in [0.5, 0.6) is 5.75 Å². The minimum atomic E-state index is -0.147. The first kappa shape index (κ1) is 16.3. The summed E-state index contributed by atoms with van der Waals surface area (Å²) in [7, 11) is 1.59. The zero-order chi connectivity index (χ0) is 16.9. The van der Waals surface area contributed by atoms with Crippen molar-refractivity contribution in [3.8, 4) is 16.5 Å². The van der Waals surface area contributed by atoms with E-state index in [9.17, 15) is 4.79 Å². The van der Waals surface area contributed by atoms with Crippen LogP contribution in [0.15, 0.2) is 46.9 Å². The molecule has 0 radical (unpaired) electrons. The van der Waals surface area contributed by atoms with Gasteiger partial charge in [0.1, 0.15) is 5.75 Å². The van der Waals surface area contributed by atoms with Gasteiger partial charge in [-0.15, -0.1) is 21.5 Å². The molecule has 9 heteroatoms. The molecule has 24 heavy (non-hydrogen) atoms. The number of methoxy groups -OCH3 is 1. The fourth-order valence-electron chi connectivity index (χ4n) is 1.95. The number of carbonyl (C=O) groups excluding carboxylic acids is 1. The van der Waals surface area contributed by atoms with Crippen molar-refractivity contribution in [2.24, 2.45) is 0 Å². The van der Waals surface area contributed by atoms with Crippen molar-refractivity contribution in [3.63, 3.8) is 0 Å². The van der Waals surface area contributed by atoms with Crippen molar-refractivity contribution in [3.05, 3.63) is 41.8 Å². The molecule has 3 aromatic rings. The summed E-state index contributed by atoms with van der Waals surface area (Å²) < 4.78 is 6.48. The van der Waals surface area contributed by atoms with Crippen molar-refractivity contribution >= 4 is 34.7 Å². The smallest absolute Gasteiger partial charge is 0.234 e. The SMILES string of the molecule is COc1ccc(NC(=O)CSc2nnc(-c3cccs3)n2N)cc1. The first-order chi connectivity index (χ1) is 11.7. The summed E-state index contributed by atoms with van der Waals surface area (Å²) in [6.07, 6.45) is 0. The number of hydrogen-bond acceptors (Lipinski definition) is 7. The van der Waals surface area contributed by atoms with E-state index in [4.69, 9.17) is 10.6 Å². The zero-order valence-electron chi connectivity index (χ0n) is 12.8. The zero-order valence-corrected chi connectivity index (χ0v) is 14.4. The maximum absolute atomic E-state index is 12.0. The van der Waals surface area contributed by atoms with Gasteiger partial charge < -0.3 is 15.9 Å². The number of amides is 1. The standard InChI is InChI=1S/C15H15N5O2S2/c1-22-11-6-4-10(5-7-11)17-13(21)9-24-15-19-18-14(20(15)16)12-3-2-8-23-12/h2-8H,9,16H2,1H3,(H,17,21). The number of hydrogen-bond donors (Lipinski definition) is 2. The molecule has 0 aliphatic carbocycles. The number of thiophene rings is 1. The highest BCUT2D eigenvalue weighted by Crippen LogP contribution is 2.25. The summed E-state index contributed by atoms with van der Waals surface area (Å²) in [5.41, 5.74) is 0.704. The van der Waals surface area contributed by atoms with Gasteiger partial charge in [-0.25, -0.2) is 4.68 Å². The lowest BCUT2D eigenvalue weighted by Gasteiger charge is -2.06. The van der Waals surface area contributed by atoms with E-state index in [0.29, 0.717) is 16.7 Å². The molecule has 2 aromatic heterocycles. The molecule has 0 aliphatic heterocycles. The van der Waals surface area contributed by atoms with Crippen molar-refractivity contribution in [1.29, 1.82) is 0 Å². The number of aromatic nitrogens is 3. The van der Waals surface area contributed by atoms with E-state index in [-0.39, 0.29) is 11.7 Å². The van der Waals surface area contributed by atoms with Crippen LogP contribution in [0.4, 0.5) is 5.69 Å². The van der Waals surface area contributed by atoms with Crippen molar-refractivity contribution in [1.82, 2.24) is 14.9 Å². The van der Waals surface area contributed by atoms with Crippen LogP contribution in [-0.2, 0) is 4.79 Å². The van der Waals surface area contributed by atoms with Crippen LogP contribution in [0.1, 0.15) is 0 Å². The third-order valence-electron chi connectivity index (χ3n) is 3.11. The number of ether oxygens (including phenoxy) is 1. The van der Waals surface area contributed by atoms with Gasteiger partial charge >= 0.3 is 0 Å². The number of thioether (sulfide) groups is 1. The molecular weight excluding hydrogens is 346 g/mol. The van der Waals surface area contributed by atoms with Crippen molar-refractivity contribution < 1.29 is 9.53 Å². The van der Waals surface area contributed by atoms with Gasteiger partial charge in [0.15, 0.2) is 5.82 Å². The summed E-state index contributed by atoms with van der Waals surface area (Å²) in [4.78, 5) is 13.0. The van der Waals surface area contributed by atoms with E-state index >= 15 is 0 Å². The van der Waals surface area contributed by atoms with Crippen LogP contribution in [0.25, 0.3) is 10.7 Å². The Morgan fingerprint density at radius 1 is 1.33 bits per heavy atom. The predicted octanol–water partition coefficient (Wildman–Crippen LogP) is 2.46. The molecule has 0 fully saturated rings. The van der Waals surface area contributed by atoms with Gasteiger partial charge in [-0.05, 0) is 35.7 Å². The lowest BCUT2D eigenvalue weighted by molar-refractivity contribution is -0.113. The van der Waals surface area contributed by atoms with Crippen LogP contribution in [0, 0.1) is 0 Å². The molecular formula is C15H15N5O2S2. The molecule has 1 aromatic carbocycles. The molecule has 0 bridgehead atoms. The van der Waals surface area contributed by atoms with Crippen LogP contribution < -0.4 is 15.9 Å². The Kier molecular flexibility index (Phi) is 5.02. The third kappa shape index (κ3) is 3.69. The number of carbonyl (C=O) groups is 1. The molecule has 1 amide bonds. The van der Waals surface area contributed by atoms with Crippen molar-refractivity contribution in [2.45, 2.75) is 5.16 Å². The second-order valence-electron chi connectivity index (χ2n) is 4.72. The summed E-state index contributed by atoms with van der Waals surface area (Å²) in [5.74, 6) is 7.36. The second-order valence-corrected chi connectivity index (χ2v) is 6.61. The van der Waals surface area contributed by atoms with Crippen LogP contribution >= 0.6 is 23.1 Å². The number of nitrogens with two attached hydrogens (primary N) is 1. The number of nitrogens with zero attached hydrogens (tertiary/aromatic N) is 3. The normalized spacial score (nSPS) is 10.5. The highest BCUT2D eigenvalue weighted by Gasteiger charge is 2.14. The first-order valence-corrected chi connectivity index (χ1v) is 8.85. The van der Waals surface area contributed by atoms with E-state index < -0.39 is 0 Å². The second kappa shape index (κ2) is 7.37.